The molecule has 0 aliphatic rings. The molecule has 23 heavy (non-hydrogen) atoms. The Labute approximate surface area is 139 Å². The minimum Gasteiger partial charge on any atom is -0.265 e. The van der Waals surface area contributed by atoms with E-state index in [-0.39, 0.29) is 17.1 Å². The fraction of sp³-hybridized carbons (Fsp3) is 0.471. The Morgan fingerprint density at radius 1 is 1.35 bits per heavy atom. The van der Waals surface area contributed by atoms with Crippen LogP contribution in [0.5, 0.6) is 0 Å². The summed E-state index contributed by atoms with van der Waals surface area (Å²) >= 11 is 1.63. The van der Waals surface area contributed by atoms with E-state index in [0.717, 1.165) is 22.4 Å². The van der Waals surface area contributed by atoms with Gasteiger partial charge in [-0.1, -0.05) is 13.0 Å². The molecule has 6 heteroatoms. The molecule has 0 aliphatic heterocycles. The first-order chi connectivity index (χ1) is 10.8. The van der Waals surface area contributed by atoms with Gasteiger partial charge in [0.2, 0.25) is 0 Å². The number of fused-ring (bicyclic) bond motifs is 1. The number of hydrogen-bond donors (Lipinski definition) is 0. The number of hydrogen-bond acceptors (Lipinski definition) is 4. The second-order valence-electron chi connectivity index (χ2n) is 6.82. The van der Waals surface area contributed by atoms with Crippen molar-refractivity contribution in [1.82, 2.24) is 19.6 Å². The zero-order chi connectivity index (χ0) is 16.8. The van der Waals surface area contributed by atoms with Crippen molar-refractivity contribution in [3.05, 3.63) is 34.1 Å². The van der Waals surface area contributed by atoms with E-state index in [2.05, 4.69) is 37.9 Å². The van der Waals surface area contributed by atoms with Gasteiger partial charge in [0.15, 0.2) is 0 Å². The second kappa shape index (κ2) is 5.60. The third-order valence-corrected chi connectivity index (χ3v) is 4.92. The van der Waals surface area contributed by atoms with E-state index in [1.807, 2.05) is 29.1 Å². The van der Waals surface area contributed by atoms with Crippen molar-refractivity contribution in [2.75, 3.05) is 0 Å². The van der Waals surface area contributed by atoms with Gasteiger partial charge < -0.3 is 0 Å². The van der Waals surface area contributed by atoms with Crippen molar-refractivity contribution in [3.63, 3.8) is 0 Å². The molecule has 0 amide bonds. The summed E-state index contributed by atoms with van der Waals surface area (Å²) in [5.41, 5.74) is 1.14. The van der Waals surface area contributed by atoms with Gasteiger partial charge in [-0.2, -0.15) is 10.2 Å². The third kappa shape index (κ3) is 2.61. The quantitative estimate of drug-likeness (QED) is 0.728. The highest BCUT2D eigenvalue weighted by Crippen LogP contribution is 2.30. The van der Waals surface area contributed by atoms with E-state index in [4.69, 9.17) is 0 Å². The van der Waals surface area contributed by atoms with E-state index in [1.54, 1.807) is 22.2 Å². The van der Waals surface area contributed by atoms with Gasteiger partial charge in [0.1, 0.15) is 11.2 Å². The molecular weight excluding hydrogens is 308 g/mol. The molecular formula is C17H22N4OS. The molecule has 3 aromatic heterocycles. The van der Waals surface area contributed by atoms with Crippen molar-refractivity contribution >= 4 is 22.2 Å². The fourth-order valence-corrected chi connectivity index (χ4v) is 3.34. The van der Waals surface area contributed by atoms with Crippen molar-refractivity contribution in [2.45, 2.75) is 52.6 Å². The van der Waals surface area contributed by atoms with Gasteiger partial charge in [-0.05, 0) is 45.6 Å². The first-order valence-electron chi connectivity index (χ1n) is 7.89. The minimum atomic E-state index is -0.262. The summed E-state index contributed by atoms with van der Waals surface area (Å²) < 4.78 is 3.43. The average Bonchev–Trinajstić information content (AvgIpc) is 3.15. The van der Waals surface area contributed by atoms with E-state index >= 15 is 0 Å². The Kier molecular flexibility index (Phi) is 3.88. The lowest BCUT2D eigenvalue weighted by Gasteiger charge is -2.21. The van der Waals surface area contributed by atoms with Crippen LogP contribution in [0.3, 0.4) is 0 Å². The molecule has 5 nitrogen and oxygen atoms in total. The number of aromatic nitrogens is 4. The normalized spacial score (nSPS) is 13.6. The summed E-state index contributed by atoms with van der Waals surface area (Å²) in [5.74, 6) is 0. The van der Waals surface area contributed by atoms with Gasteiger partial charge in [0.05, 0.1) is 28.0 Å². The van der Waals surface area contributed by atoms with Crippen molar-refractivity contribution in [1.29, 1.82) is 0 Å². The van der Waals surface area contributed by atoms with E-state index < -0.39 is 0 Å². The number of rotatable bonds is 3. The first kappa shape index (κ1) is 15.9. The van der Waals surface area contributed by atoms with Crippen LogP contribution in [0, 0.1) is 0 Å². The summed E-state index contributed by atoms with van der Waals surface area (Å²) in [7, 11) is 0. The van der Waals surface area contributed by atoms with Crippen LogP contribution >= 0.6 is 11.3 Å². The average molecular weight is 330 g/mol. The molecule has 0 aromatic carbocycles. The lowest BCUT2D eigenvalue weighted by molar-refractivity contribution is 0.365. The van der Waals surface area contributed by atoms with Crippen LogP contribution in [0.25, 0.3) is 21.5 Å². The highest BCUT2D eigenvalue weighted by molar-refractivity contribution is 7.13. The van der Waals surface area contributed by atoms with Crippen LogP contribution in [0.1, 0.15) is 47.1 Å². The smallest absolute Gasteiger partial charge is 0.265 e. The maximum Gasteiger partial charge on any atom is 0.293 e. The standard InChI is InChI=1S/C17H22N4OS/c1-6-11(2)20-16(22)15-12(10-18-21(15)17(3,4)5)14(19-20)13-8-7-9-23-13/h7-11H,6H2,1-5H3. The van der Waals surface area contributed by atoms with Crippen LogP contribution in [0.15, 0.2) is 28.5 Å². The van der Waals surface area contributed by atoms with Gasteiger partial charge in [0.25, 0.3) is 5.56 Å². The van der Waals surface area contributed by atoms with Crippen LogP contribution in [-0.2, 0) is 5.54 Å². The summed E-state index contributed by atoms with van der Waals surface area (Å²) in [5, 5.41) is 12.0. The molecule has 0 spiro atoms. The SMILES string of the molecule is CCC(C)n1nc(-c2cccs2)c2cnn(C(C)(C)C)c2c1=O. The maximum atomic E-state index is 13.0. The molecule has 0 radical (unpaired) electrons. The second-order valence-corrected chi connectivity index (χ2v) is 7.77. The Morgan fingerprint density at radius 2 is 2.09 bits per heavy atom. The predicted octanol–water partition coefficient (Wildman–Crippen LogP) is 4.05. The van der Waals surface area contributed by atoms with Crippen molar-refractivity contribution < 1.29 is 0 Å². The monoisotopic (exact) mass is 330 g/mol. The molecule has 0 bridgehead atoms. The largest absolute Gasteiger partial charge is 0.293 e. The van der Waals surface area contributed by atoms with Gasteiger partial charge in [-0.3, -0.25) is 9.48 Å². The maximum absolute atomic E-state index is 13.0. The van der Waals surface area contributed by atoms with E-state index in [9.17, 15) is 4.79 Å². The van der Waals surface area contributed by atoms with E-state index in [1.165, 1.54) is 0 Å². The van der Waals surface area contributed by atoms with Crippen LogP contribution in [-0.4, -0.2) is 19.6 Å². The number of nitrogens with zero attached hydrogens (tertiary/aromatic N) is 4. The molecule has 1 atom stereocenters. The topological polar surface area (TPSA) is 52.7 Å². The molecule has 0 saturated carbocycles. The highest BCUT2D eigenvalue weighted by atomic mass is 32.1. The molecule has 0 aliphatic carbocycles. The molecule has 3 rings (SSSR count). The summed E-state index contributed by atoms with van der Waals surface area (Å²) in [4.78, 5) is 14.1. The van der Waals surface area contributed by atoms with Crippen molar-refractivity contribution in [2.24, 2.45) is 0 Å². The Hall–Kier alpha value is -1.95. The van der Waals surface area contributed by atoms with Crippen LogP contribution < -0.4 is 5.56 Å². The Morgan fingerprint density at radius 3 is 2.65 bits per heavy atom. The van der Waals surface area contributed by atoms with Crippen LogP contribution in [0.2, 0.25) is 0 Å². The minimum absolute atomic E-state index is 0.0499. The highest BCUT2D eigenvalue weighted by Gasteiger charge is 2.24. The molecule has 3 aromatic rings. The van der Waals surface area contributed by atoms with Crippen LogP contribution in [0.4, 0.5) is 0 Å². The fourth-order valence-electron chi connectivity index (χ4n) is 2.62. The lowest BCUT2D eigenvalue weighted by Crippen LogP contribution is -2.31. The summed E-state index contributed by atoms with van der Waals surface area (Å²) in [6, 6.07) is 4.08. The first-order valence-corrected chi connectivity index (χ1v) is 8.77. The summed E-state index contributed by atoms with van der Waals surface area (Å²) in [6.07, 6.45) is 2.62. The lowest BCUT2D eigenvalue weighted by atomic mass is 10.1. The molecule has 0 N–H and O–H groups in total. The Balaban J connectivity index is 2.43. The molecule has 1 unspecified atom stereocenters. The summed E-state index contributed by atoms with van der Waals surface area (Å²) in [6.45, 7) is 10.2. The zero-order valence-electron chi connectivity index (χ0n) is 14.2. The molecule has 0 fully saturated rings. The van der Waals surface area contributed by atoms with Gasteiger partial charge in [0, 0.05) is 0 Å². The molecule has 122 valence electrons. The van der Waals surface area contributed by atoms with Crippen molar-refractivity contribution in [3.8, 4) is 10.6 Å². The Bertz CT molecular complexity index is 884. The van der Waals surface area contributed by atoms with Gasteiger partial charge in [-0.15, -0.1) is 11.3 Å². The number of thiophene rings is 1. The molecule has 3 heterocycles. The third-order valence-electron chi connectivity index (χ3n) is 4.04. The predicted molar refractivity (Wildman–Crippen MR) is 95.1 cm³/mol. The van der Waals surface area contributed by atoms with Gasteiger partial charge >= 0.3 is 0 Å². The molecule has 0 saturated heterocycles. The van der Waals surface area contributed by atoms with E-state index in [0.29, 0.717) is 5.52 Å². The van der Waals surface area contributed by atoms with Gasteiger partial charge in [-0.25, -0.2) is 4.68 Å². The zero-order valence-corrected chi connectivity index (χ0v) is 15.0.